The van der Waals surface area contributed by atoms with Crippen LogP contribution >= 0.6 is 11.6 Å². The van der Waals surface area contributed by atoms with Crippen molar-refractivity contribution in [1.29, 1.82) is 0 Å². The number of nitrogens with zero attached hydrogens (tertiary/aromatic N) is 4. The zero-order valence-corrected chi connectivity index (χ0v) is 35.3. The molecule has 10 N–H and O–H groups in total. The van der Waals surface area contributed by atoms with Gasteiger partial charge in [0.05, 0.1) is 18.7 Å². The van der Waals surface area contributed by atoms with Gasteiger partial charge in [0.1, 0.15) is 11.5 Å². The van der Waals surface area contributed by atoms with Gasteiger partial charge in [0.15, 0.2) is 0 Å². The molecule has 0 saturated heterocycles. The van der Waals surface area contributed by atoms with Gasteiger partial charge in [-0.1, -0.05) is 19.0 Å². The number of aromatic nitrogens is 4. The molecule has 4 heterocycles. The van der Waals surface area contributed by atoms with E-state index in [1.807, 2.05) is 6.07 Å². The Morgan fingerprint density at radius 1 is 0.661 bits per heavy atom. The summed E-state index contributed by atoms with van der Waals surface area (Å²) in [6.07, 6.45) is 2.79. The second kappa shape index (κ2) is 19.3. The van der Waals surface area contributed by atoms with E-state index >= 15 is 0 Å². The van der Waals surface area contributed by atoms with Gasteiger partial charge in [0.25, 0.3) is 0 Å². The summed E-state index contributed by atoms with van der Waals surface area (Å²) in [4.78, 5) is 39.2. The van der Waals surface area contributed by atoms with Crippen molar-refractivity contribution in [2.75, 3.05) is 5.32 Å². The number of aliphatic hydroxyl groups is 4. The van der Waals surface area contributed by atoms with Crippen LogP contribution in [-0.4, -0.2) is 86.3 Å². The number of amides is 2. The van der Waals surface area contributed by atoms with E-state index in [1.165, 1.54) is 17.1 Å². The first-order chi connectivity index (χ1) is 25.8. The Morgan fingerprint density at radius 2 is 1.09 bits per heavy atom. The van der Waals surface area contributed by atoms with Crippen LogP contribution in [-0.2, 0) is 37.3 Å². The van der Waals surface area contributed by atoms with Crippen LogP contribution in [0.1, 0.15) is 98.6 Å². The number of benzene rings is 2. The van der Waals surface area contributed by atoms with E-state index < -0.39 is 11.8 Å². The maximum atomic E-state index is 11.9. The summed E-state index contributed by atoms with van der Waals surface area (Å²) in [7, 11) is 0. The Morgan fingerprint density at radius 3 is 1.54 bits per heavy atom. The Balaban J connectivity index is 0.000000245. The number of hydrogen-bond donors (Lipinski definition) is 8. The summed E-state index contributed by atoms with van der Waals surface area (Å²) in [6, 6.07) is 10.5. The smallest absolute Gasteiger partial charge is 0.140 e. The van der Waals surface area contributed by atoms with Crippen LogP contribution in [0.5, 0.6) is 5.75 Å². The molecular weight excluding hydrogens is 872 g/mol. The Bertz CT molecular complexity index is 2330. The summed E-state index contributed by atoms with van der Waals surface area (Å²) in [5, 5.41) is 51.6. The molecule has 6 aromatic rings. The fourth-order valence-electron chi connectivity index (χ4n) is 5.13. The van der Waals surface area contributed by atoms with Crippen LogP contribution in [0.2, 0.25) is 5.15 Å². The van der Waals surface area contributed by atoms with E-state index in [1.54, 1.807) is 30.3 Å². The first-order valence-electron chi connectivity index (χ1n) is 16.8. The molecule has 14 nitrogen and oxygen atoms in total. The van der Waals surface area contributed by atoms with E-state index in [2.05, 4.69) is 66.8 Å². The van der Waals surface area contributed by atoms with Crippen LogP contribution < -0.4 is 16.8 Å². The molecule has 0 atom stereocenters. The molecule has 56 heavy (non-hydrogen) atoms. The fraction of sp³-hybridized carbons (Fsp3) is 0.333. The van der Waals surface area contributed by atoms with Gasteiger partial charge in [0.2, 0.25) is 0 Å². The monoisotopic (exact) mass is 921 g/mol. The van der Waals surface area contributed by atoms with E-state index in [-0.39, 0.29) is 79.4 Å². The molecule has 17 heteroatoms. The molecule has 0 unspecified atom stereocenters. The van der Waals surface area contributed by atoms with Crippen molar-refractivity contribution in [2.24, 2.45) is 11.5 Å². The second-order valence-corrected chi connectivity index (χ2v) is 19.1. The van der Waals surface area contributed by atoms with Crippen LogP contribution in [0.4, 0.5) is 11.5 Å². The average molecular weight is 920 g/mol. The van der Waals surface area contributed by atoms with Crippen LogP contribution in [0, 0.1) is 0 Å². The first kappa shape index (κ1) is 46.2. The number of fused-ring (bicyclic) bond motifs is 2. The summed E-state index contributed by atoms with van der Waals surface area (Å²) >= 11 is 5.64. The van der Waals surface area contributed by atoms with Crippen molar-refractivity contribution in [1.82, 2.24) is 19.9 Å². The third-order valence-corrected chi connectivity index (χ3v) is 15.1. The molecule has 0 radical (unpaired) electrons. The zero-order valence-electron chi connectivity index (χ0n) is 31.1. The molecular formula is C39H48ClN7O7Se2. The summed E-state index contributed by atoms with van der Waals surface area (Å²) in [6.45, 7) is 11.8. The van der Waals surface area contributed by atoms with Crippen LogP contribution in [0.15, 0.2) is 49.1 Å². The van der Waals surface area contributed by atoms with Crippen molar-refractivity contribution in [3.63, 3.8) is 0 Å². The fourth-order valence-corrected chi connectivity index (χ4v) is 9.49. The topological polar surface area (TPSA) is 251 Å². The minimum atomic E-state index is -0.506. The SMILES string of the molecule is C.CC(C)(C)c1cc(Nc2ncnc3cc(CO)c(CO)cc23)c(C(N)=O)[se]1.CC(C)(C)c1cc(O)c(C(N)=O)[se]1.OCc1cc2ncnc(Cl)c2cc1CO. The minimum Gasteiger partial charge on any atom is -0.392 e. The molecule has 0 aliphatic heterocycles. The number of halogens is 1. The van der Waals surface area contributed by atoms with Crippen molar-refractivity contribution >= 4 is 85.7 Å². The number of aromatic hydroxyl groups is 1. The Labute approximate surface area is 342 Å². The van der Waals surface area contributed by atoms with Gasteiger partial charge < -0.3 is 10.2 Å². The minimum absolute atomic E-state index is 0. The molecule has 0 saturated carbocycles. The van der Waals surface area contributed by atoms with Gasteiger partial charge in [-0.15, -0.1) is 0 Å². The van der Waals surface area contributed by atoms with Crippen molar-refractivity contribution in [3.8, 4) is 5.75 Å². The number of carbonyl (C=O) groups excluding carboxylic acids is 2. The number of rotatable bonds is 8. The van der Waals surface area contributed by atoms with Crippen molar-refractivity contribution in [2.45, 2.75) is 86.2 Å². The normalized spacial score (nSPS) is 11.3. The number of nitrogens with one attached hydrogen (secondary N) is 1. The van der Waals surface area contributed by atoms with Crippen molar-refractivity contribution in [3.05, 3.63) is 94.2 Å². The van der Waals surface area contributed by atoms with Crippen LogP contribution in [0.3, 0.4) is 0 Å². The second-order valence-electron chi connectivity index (χ2n) is 14.3. The van der Waals surface area contributed by atoms with Gasteiger partial charge in [-0.2, -0.15) is 0 Å². The third kappa shape index (κ3) is 11.0. The number of primary amides is 2. The molecule has 0 bridgehead atoms. The van der Waals surface area contributed by atoms with Gasteiger partial charge in [-0.3, -0.25) is 0 Å². The standard InChI is InChI=1S/C19H22N4O3Se.C10H9ClN2O2.C9H13NO2Se.CH4/c1-19(2,3)15-6-14(16(27-15)17(20)26)23-18-12-4-10(7-24)11(8-25)5-13(12)21-9-22-18;11-10-8-1-6(3-14)7(4-15)2-9(8)12-5-13-10;1-9(2,3)6-4-5(11)7(13-6)8(10)12;/h4-6,9,24-25H,7-8H2,1-3H3,(H2,20,26)(H,21,22,23);1-2,5,14-15H,3-4H2;4,11H,1-3H3,(H2,10,12);1H4. The molecule has 300 valence electrons. The van der Waals surface area contributed by atoms with Gasteiger partial charge in [-0.05, 0) is 23.3 Å². The zero-order chi connectivity index (χ0) is 40.8. The Hall–Kier alpha value is -4.21. The number of aliphatic hydroxyl groups excluding tert-OH is 4. The number of nitrogens with two attached hydrogens (primary N) is 2. The summed E-state index contributed by atoms with van der Waals surface area (Å²) in [5.41, 5.74) is 15.1. The summed E-state index contributed by atoms with van der Waals surface area (Å²) < 4.78 is 3.24. The predicted molar refractivity (Wildman–Crippen MR) is 221 cm³/mol. The van der Waals surface area contributed by atoms with E-state index in [9.17, 15) is 24.9 Å². The largest absolute Gasteiger partial charge is 0.392 e. The molecule has 2 aromatic carbocycles. The molecule has 2 amide bonds. The molecule has 0 fully saturated rings. The third-order valence-electron chi connectivity index (χ3n) is 8.17. The number of hydrogen-bond acceptors (Lipinski definition) is 12. The van der Waals surface area contributed by atoms with E-state index in [0.717, 1.165) is 4.44 Å². The predicted octanol–water partition coefficient (Wildman–Crippen LogP) is 4.56. The van der Waals surface area contributed by atoms with Crippen molar-refractivity contribution < 1.29 is 35.1 Å². The van der Waals surface area contributed by atoms with Crippen LogP contribution in [0.25, 0.3) is 21.8 Å². The average Bonchev–Trinajstić information content (AvgIpc) is 3.76. The maximum Gasteiger partial charge on any atom is 0.140 e. The van der Waals surface area contributed by atoms with Gasteiger partial charge >= 0.3 is 246 Å². The van der Waals surface area contributed by atoms with Gasteiger partial charge in [0, 0.05) is 5.39 Å². The van der Waals surface area contributed by atoms with E-state index in [4.69, 9.17) is 33.3 Å². The number of carbonyl (C=O) groups is 2. The quantitative estimate of drug-likeness (QED) is 0.0773. The Kier molecular flexibility index (Phi) is 15.9. The van der Waals surface area contributed by atoms with Gasteiger partial charge in [-0.25, -0.2) is 9.97 Å². The molecule has 0 aliphatic rings. The first-order valence-corrected chi connectivity index (χ1v) is 20.6. The molecule has 4 aromatic heterocycles. The molecule has 0 aliphatic carbocycles. The summed E-state index contributed by atoms with van der Waals surface area (Å²) in [5.74, 6) is -0.370. The maximum absolute atomic E-state index is 11.9. The molecule has 6 rings (SSSR count). The van der Waals surface area contributed by atoms with E-state index in [0.29, 0.717) is 69.6 Å². The molecule has 0 spiro atoms. The number of anilines is 2.